The first-order valence-corrected chi connectivity index (χ1v) is 14.2. The summed E-state index contributed by atoms with van der Waals surface area (Å²) in [5, 5.41) is 11.4. The summed E-state index contributed by atoms with van der Waals surface area (Å²) in [5.74, 6) is -2.97. The number of esters is 1. The second-order valence-corrected chi connectivity index (χ2v) is 10.4. The topological polar surface area (TPSA) is 97.7 Å². The van der Waals surface area contributed by atoms with Gasteiger partial charge in [-0.25, -0.2) is 9.59 Å². The highest BCUT2D eigenvalue weighted by Gasteiger charge is 2.31. The van der Waals surface area contributed by atoms with Crippen LogP contribution in [0.25, 0.3) is 33.0 Å². The highest BCUT2D eigenvalue weighted by atomic mass is 16.5. The minimum absolute atomic E-state index is 0.00364. The van der Waals surface area contributed by atoms with Crippen LogP contribution in [-0.4, -0.2) is 35.7 Å². The zero-order valence-electron chi connectivity index (χ0n) is 24.2. The van der Waals surface area contributed by atoms with Gasteiger partial charge in [0.15, 0.2) is 11.6 Å². The molecule has 218 valence electrons. The van der Waals surface area contributed by atoms with Gasteiger partial charge in [0.2, 0.25) is 0 Å². The van der Waals surface area contributed by atoms with E-state index in [-0.39, 0.29) is 22.3 Å². The van der Waals surface area contributed by atoms with Gasteiger partial charge in [-0.05, 0) is 34.0 Å². The minimum atomic E-state index is -1.31. The van der Waals surface area contributed by atoms with E-state index in [1.165, 1.54) is 13.2 Å². The number of fused-ring (bicyclic) bond motifs is 1. The molecule has 1 N–H and O–H groups in total. The smallest absolute Gasteiger partial charge is 0.338 e. The number of carboxylic acid groups (broad SMARTS) is 1. The summed E-state index contributed by atoms with van der Waals surface area (Å²) >= 11 is 0. The van der Waals surface area contributed by atoms with Crippen LogP contribution in [0.3, 0.4) is 0 Å². The van der Waals surface area contributed by atoms with Crippen molar-refractivity contribution in [2.45, 2.75) is 0 Å². The summed E-state index contributed by atoms with van der Waals surface area (Å²) in [6, 6.07) is 37.9. The molecule has 6 rings (SSSR count). The zero-order chi connectivity index (χ0) is 31.5. The molecule has 6 aromatic carbocycles. The second-order valence-electron chi connectivity index (χ2n) is 10.4. The Morgan fingerprint density at radius 3 is 1.24 bits per heavy atom. The quantitative estimate of drug-likeness (QED) is 0.142. The molecule has 0 atom stereocenters. The monoisotopic (exact) mass is 590 g/mol. The van der Waals surface area contributed by atoms with E-state index in [2.05, 4.69) is 0 Å². The van der Waals surface area contributed by atoms with Crippen LogP contribution in [0.2, 0.25) is 0 Å². The molecule has 0 bridgehead atoms. The van der Waals surface area contributed by atoms with Crippen molar-refractivity contribution < 1.29 is 29.0 Å². The Kier molecular flexibility index (Phi) is 7.87. The van der Waals surface area contributed by atoms with Crippen LogP contribution in [0.15, 0.2) is 133 Å². The van der Waals surface area contributed by atoms with E-state index in [1.807, 2.05) is 12.1 Å². The average Bonchev–Trinajstić information content (AvgIpc) is 3.10. The Morgan fingerprint density at radius 1 is 0.511 bits per heavy atom. The van der Waals surface area contributed by atoms with Crippen molar-refractivity contribution in [1.29, 1.82) is 0 Å². The standard InChI is InChI=1S/C39H26O6/c1-45-39(44)31-23-29-28(33(25-16-8-3-9-17-25)35(31)37(41)27-20-12-5-13-21-27)22-30(38(42)43)34(32(29)24-14-6-2-7-15-24)36(40)26-18-10-4-11-19-26/h2-23H,1H3,(H,42,43). The second kappa shape index (κ2) is 12.2. The van der Waals surface area contributed by atoms with Gasteiger partial charge in [0.25, 0.3) is 0 Å². The molecule has 0 aliphatic rings. The Bertz CT molecular complexity index is 2090. The molecule has 0 fully saturated rings. The first-order valence-electron chi connectivity index (χ1n) is 14.2. The summed E-state index contributed by atoms with van der Waals surface area (Å²) in [6.07, 6.45) is 0. The van der Waals surface area contributed by atoms with Crippen molar-refractivity contribution in [3.8, 4) is 22.3 Å². The number of benzene rings is 6. The Morgan fingerprint density at radius 2 is 0.867 bits per heavy atom. The molecule has 45 heavy (non-hydrogen) atoms. The number of aromatic carboxylic acids is 1. The van der Waals surface area contributed by atoms with Crippen molar-refractivity contribution in [3.63, 3.8) is 0 Å². The number of hydrogen-bond acceptors (Lipinski definition) is 5. The van der Waals surface area contributed by atoms with Gasteiger partial charge in [0, 0.05) is 33.4 Å². The minimum Gasteiger partial charge on any atom is -0.478 e. The van der Waals surface area contributed by atoms with Gasteiger partial charge >= 0.3 is 11.9 Å². The van der Waals surface area contributed by atoms with E-state index in [0.717, 1.165) is 0 Å². The maximum atomic E-state index is 14.3. The molecule has 0 unspecified atom stereocenters. The fourth-order valence-corrected chi connectivity index (χ4v) is 5.73. The number of carbonyl (C=O) groups is 4. The Labute approximate surface area is 259 Å². The molecule has 6 nitrogen and oxygen atoms in total. The third-order valence-electron chi connectivity index (χ3n) is 7.73. The normalized spacial score (nSPS) is 10.8. The first kappa shape index (κ1) is 29.0. The van der Waals surface area contributed by atoms with Crippen LogP contribution in [0.1, 0.15) is 52.6 Å². The fraction of sp³-hybridized carbons (Fsp3) is 0.0256. The fourth-order valence-electron chi connectivity index (χ4n) is 5.73. The largest absolute Gasteiger partial charge is 0.478 e. The lowest BCUT2D eigenvalue weighted by Gasteiger charge is -2.22. The van der Waals surface area contributed by atoms with E-state index in [9.17, 15) is 24.3 Å². The van der Waals surface area contributed by atoms with Crippen molar-refractivity contribution in [1.82, 2.24) is 0 Å². The predicted molar refractivity (Wildman–Crippen MR) is 173 cm³/mol. The molecule has 0 spiro atoms. The molecule has 0 saturated carbocycles. The lowest BCUT2D eigenvalue weighted by atomic mass is 9.80. The van der Waals surface area contributed by atoms with Gasteiger partial charge in [0.05, 0.1) is 18.2 Å². The Hall–Kier alpha value is -6.14. The highest BCUT2D eigenvalue weighted by molar-refractivity contribution is 6.27. The molecule has 0 aromatic heterocycles. The first-order chi connectivity index (χ1) is 21.9. The highest BCUT2D eigenvalue weighted by Crippen LogP contribution is 2.43. The van der Waals surface area contributed by atoms with Gasteiger partial charge in [-0.1, -0.05) is 121 Å². The van der Waals surface area contributed by atoms with E-state index < -0.39 is 23.5 Å². The molecule has 0 aliphatic heterocycles. The van der Waals surface area contributed by atoms with Gasteiger partial charge in [-0.3, -0.25) is 9.59 Å². The van der Waals surface area contributed by atoms with Crippen LogP contribution in [0.4, 0.5) is 0 Å². The SMILES string of the molecule is COC(=O)c1cc2c(-c3ccccc3)c(C(=O)c3ccccc3)c(C(=O)O)cc2c(-c2ccccc2)c1C(=O)c1ccccc1. The number of rotatable bonds is 8. The number of carbonyl (C=O) groups excluding carboxylic acids is 3. The third-order valence-corrected chi connectivity index (χ3v) is 7.73. The molecular weight excluding hydrogens is 564 g/mol. The number of ketones is 2. The maximum Gasteiger partial charge on any atom is 0.338 e. The molecule has 0 saturated heterocycles. The van der Waals surface area contributed by atoms with Crippen LogP contribution in [-0.2, 0) is 4.74 Å². The predicted octanol–water partition coefficient (Wildman–Crippen LogP) is 8.12. The summed E-state index contributed by atoms with van der Waals surface area (Å²) in [4.78, 5) is 55.0. The zero-order valence-corrected chi connectivity index (χ0v) is 24.2. The molecule has 6 heteroatoms. The van der Waals surface area contributed by atoms with Crippen molar-refractivity contribution in [2.75, 3.05) is 7.11 Å². The van der Waals surface area contributed by atoms with Gasteiger partial charge < -0.3 is 9.84 Å². The summed E-state index contributed by atoms with van der Waals surface area (Å²) in [6.45, 7) is 0. The number of methoxy groups -OCH3 is 1. The molecule has 0 heterocycles. The Balaban J connectivity index is 1.86. The number of ether oxygens (including phenoxy) is 1. The summed E-state index contributed by atoms with van der Waals surface area (Å²) < 4.78 is 5.21. The summed E-state index contributed by atoms with van der Waals surface area (Å²) in [7, 11) is 1.24. The molecule has 0 amide bonds. The van der Waals surface area contributed by atoms with E-state index in [0.29, 0.717) is 44.2 Å². The van der Waals surface area contributed by atoms with Crippen LogP contribution in [0, 0.1) is 0 Å². The van der Waals surface area contributed by atoms with E-state index in [4.69, 9.17) is 4.74 Å². The lowest BCUT2D eigenvalue weighted by Crippen LogP contribution is -2.16. The van der Waals surface area contributed by atoms with Gasteiger partial charge in [-0.15, -0.1) is 0 Å². The van der Waals surface area contributed by atoms with Crippen molar-refractivity contribution in [2.24, 2.45) is 0 Å². The van der Waals surface area contributed by atoms with E-state index >= 15 is 0 Å². The molecule has 0 radical (unpaired) electrons. The third kappa shape index (κ3) is 5.30. The van der Waals surface area contributed by atoms with Gasteiger partial charge in [0.1, 0.15) is 0 Å². The average molecular weight is 591 g/mol. The van der Waals surface area contributed by atoms with Crippen LogP contribution >= 0.6 is 0 Å². The van der Waals surface area contributed by atoms with E-state index in [1.54, 1.807) is 115 Å². The molecular formula is C39H26O6. The van der Waals surface area contributed by atoms with Crippen LogP contribution < -0.4 is 0 Å². The summed E-state index contributed by atoms with van der Waals surface area (Å²) in [5.41, 5.74) is 2.33. The lowest BCUT2D eigenvalue weighted by molar-refractivity contribution is 0.0597. The molecule has 6 aromatic rings. The number of hydrogen-bond donors (Lipinski definition) is 1. The van der Waals surface area contributed by atoms with Crippen LogP contribution in [0.5, 0.6) is 0 Å². The van der Waals surface area contributed by atoms with Gasteiger partial charge in [-0.2, -0.15) is 0 Å². The van der Waals surface area contributed by atoms with Crippen molar-refractivity contribution >= 4 is 34.3 Å². The molecule has 0 aliphatic carbocycles. The maximum absolute atomic E-state index is 14.3. The van der Waals surface area contributed by atoms with Crippen molar-refractivity contribution in [3.05, 3.63) is 167 Å². The number of carboxylic acids is 1.